The number of amides is 2. The third kappa shape index (κ3) is 3.65. The number of pyridine rings is 1. The van der Waals surface area contributed by atoms with Crippen LogP contribution >= 0.6 is 11.8 Å². The van der Waals surface area contributed by atoms with Gasteiger partial charge in [0.25, 0.3) is 11.8 Å². The summed E-state index contributed by atoms with van der Waals surface area (Å²) in [6.07, 6.45) is 4.00. The van der Waals surface area contributed by atoms with Crippen molar-refractivity contribution in [1.82, 2.24) is 10.3 Å². The van der Waals surface area contributed by atoms with Crippen LogP contribution < -0.4 is 16.4 Å². The summed E-state index contributed by atoms with van der Waals surface area (Å²) in [5, 5.41) is 5.73. The zero-order valence-corrected chi connectivity index (χ0v) is 17.3. The van der Waals surface area contributed by atoms with Gasteiger partial charge in [0.15, 0.2) is 5.17 Å². The van der Waals surface area contributed by atoms with E-state index in [2.05, 4.69) is 20.6 Å². The third-order valence-electron chi connectivity index (χ3n) is 5.70. The van der Waals surface area contributed by atoms with Gasteiger partial charge in [-0.25, -0.2) is 4.39 Å². The fourth-order valence-electron chi connectivity index (χ4n) is 4.20. The van der Waals surface area contributed by atoms with Crippen LogP contribution in [0.5, 0.6) is 0 Å². The summed E-state index contributed by atoms with van der Waals surface area (Å²) in [7, 11) is 1.52. The second-order valence-electron chi connectivity index (χ2n) is 7.43. The average Bonchev–Trinajstić information content (AvgIpc) is 3.18. The Labute approximate surface area is 177 Å². The number of benzene rings is 1. The van der Waals surface area contributed by atoms with Gasteiger partial charge in [0.1, 0.15) is 11.5 Å². The quantitative estimate of drug-likeness (QED) is 0.695. The van der Waals surface area contributed by atoms with Crippen molar-refractivity contribution in [2.24, 2.45) is 16.6 Å². The van der Waals surface area contributed by atoms with Gasteiger partial charge in [0.2, 0.25) is 0 Å². The molecule has 4 rings (SSSR count). The number of halogens is 1. The molecule has 1 aromatic carbocycles. The fourth-order valence-corrected chi connectivity index (χ4v) is 5.24. The second-order valence-corrected chi connectivity index (χ2v) is 8.47. The minimum Gasteiger partial charge on any atom is -0.379 e. The van der Waals surface area contributed by atoms with Gasteiger partial charge in [0.05, 0.1) is 11.1 Å². The van der Waals surface area contributed by atoms with Crippen molar-refractivity contribution in [3.8, 4) is 0 Å². The average molecular weight is 428 g/mol. The molecule has 0 spiro atoms. The number of aliphatic imine (C=N–C) groups is 1. The molecule has 2 aromatic rings. The lowest BCUT2D eigenvalue weighted by molar-refractivity contribution is 0.0960. The minimum absolute atomic E-state index is 0.154. The van der Waals surface area contributed by atoms with Crippen LogP contribution in [-0.2, 0) is 5.54 Å². The summed E-state index contributed by atoms with van der Waals surface area (Å²) in [5.41, 5.74) is 6.75. The number of nitrogens with zero attached hydrogens (tertiary/aromatic N) is 2. The highest BCUT2D eigenvalue weighted by atomic mass is 32.2. The molecule has 0 unspecified atom stereocenters. The van der Waals surface area contributed by atoms with E-state index in [1.54, 1.807) is 6.07 Å². The Bertz CT molecular complexity index is 1030. The zero-order chi connectivity index (χ0) is 21.3. The molecule has 156 valence electrons. The van der Waals surface area contributed by atoms with Crippen LogP contribution in [0.2, 0.25) is 0 Å². The van der Waals surface area contributed by atoms with Gasteiger partial charge >= 0.3 is 0 Å². The number of hydrogen-bond donors (Lipinski definition) is 3. The summed E-state index contributed by atoms with van der Waals surface area (Å²) in [4.78, 5) is 32.9. The molecule has 30 heavy (non-hydrogen) atoms. The van der Waals surface area contributed by atoms with Crippen LogP contribution in [0.4, 0.5) is 10.1 Å². The Morgan fingerprint density at radius 3 is 2.83 bits per heavy atom. The highest BCUT2D eigenvalue weighted by molar-refractivity contribution is 8.13. The topological polar surface area (TPSA) is 109 Å². The Hall–Kier alpha value is -2.94. The van der Waals surface area contributed by atoms with Gasteiger partial charge < -0.3 is 16.4 Å². The van der Waals surface area contributed by atoms with Crippen molar-refractivity contribution in [2.45, 2.75) is 24.8 Å². The molecule has 0 saturated heterocycles. The van der Waals surface area contributed by atoms with Crippen LogP contribution in [0.25, 0.3) is 0 Å². The third-order valence-corrected chi connectivity index (χ3v) is 6.66. The van der Waals surface area contributed by atoms with Crippen molar-refractivity contribution in [3.05, 3.63) is 59.2 Å². The highest BCUT2D eigenvalue weighted by Gasteiger charge is 2.48. The number of nitrogens with one attached hydrogen (secondary N) is 2. The van der Waals surface area contributed by atoms with Gasteiger partial charge in [-0.1, -0.05) is 18.2 Å². The molecule has 2 aliphatic rings. The predicted octanol–water partition coefficient (Wildman–Crippen LogP) is 2.89. The first kappa shape index (κ1) is 20.3. The molecular formula is C21H22FN5O2S. The number of carbonyl (C=O) groups is 2. The number of amidine groups is 1. The molecule has 4 N–H and O–H groups in total. The summed E-state index contributed by atoms with van der Waals surface area (Å²) in [6, 6.07) is 7.51. The minimum atomic E-state index is -0.673. The number of anilines is 1. The molecular weight excluding hydrogens is 405 g/mol. The Morgan fingerprint density at radius 2 is 2.10 bits per heavy atom. The first-order valence-electron chi connectivity index (χ1n) is 9.70. The number of thioether (sulfide) groups is 1. The number of hydrogen-bond acceptors (Lipinski definition) is 6. The summed E-state index contributed by atoms with van der Waals surface area (Å²) >= 11 is 1.51. The van der Waals surface area contributed by atoms with Crippen molar-refractivity contribution in [3.63, 3.8) is 0 Å². The van der Waals surface area contributed by atoms with Gasteiger partial charge in [-0.2, -0.15) is 0 Å². The van der Waals surface area contributed by atoms with Crippen LogP contribution in [-0.4, -0.2) is 34.8 Å². The monoisotopic (exact) mass is 427 g/mol. The predicted molar refractivity (Wildman–Crippen MR) is 115 cm³/mol. The number of aromatic nitrogens is 1. The number of fused-ring (bicyclic) bond motifs is 1. The molecule has 1 fully saturated rings. The number of rotatable bonds is 4. The van der Waals surface area contributed by atoms with Gasteiger partial charge in [-0.15, -0.1) is 0 Å². The maximum absolute atomic E-state index is 14.8. The van der Waals surface area contributed by atoms with Gasteiger partial charge in [-0.05, 0) is 49.1 Å². The second kappa shape index (κ2) is 8.06. The lowest BCUT2D eigenvalue weighted by Gasteiger charge is -2.36. The summed E-state index contributed by atoms with van der Waals surface area (Å²) in [5.74, 6) is -0.0507. The molecule has 1 aromatic heterocycles. The van der Waals surface area contributed by atoms with Crippen LogP contribution in [0, 0.1) is 11.7 Å². The van der Waals surface area contributed by atoms with E-state index in [-0.39, 0.29) is 23.3 Å². The lowest BCUT2D eigenvalue weighted by Crippen LogP contribution is -2.37. The molecule has 1 saturated carbocycles. The fraction of sp³-hybridized carbons (Fsp3) is 0.333. The van der Waals surface area contributed by atoms with E-state index in [4.69, 9.17) is 5.73 Å². The van der Waals surface area contributed by atoms with Gasteiger partial charge in [0, 0.05) is 30.2 Å². The summed E-state index contributed by atoms with van der Waals surface area (Å²) < 4.78 is 14.8. The van der Waals surface area contributed by atoms with Crippen LogP contribution in [0.1, 0.15) is 45.7 Å². The molecule has 1 aliphatic heterocycles. The molecule has 2 heterocycles. The first-order valence-corrected chi connectivity index (χ1v) is 10.7. The van der Waals surface area contributed by atoms with Crippen molar-refractivity contribution < 1.29 is 14.0 Å². The molecule has 7 nitrogen and oxygen atoms in total. The van der Waals surface area contributed by atoms with E-state index in [0.29, 0.717) is 22.0 Å². The Kier molecular flexibility index (Phi) is 5.46. The maximum Gasteiger partial charge on any atom is 0.274 e. The van der Waals surface area contributed by atoms with Crippen LogP contribution in [0.3, 0.4) is 0 Å². The smallest absolute Gasteiger partial charge is 0.274 e. The standard InChI is InChI=1S/C21H22FN5O2S/c1-24-18(28)12-4-7-17(25-10-12)19(29)26-14-5-6-16(22)15(9-14)21-8-2-3-13(21)11-30-20(23)27-21/h4-7,9-10,13H,2-3,8,11H2,1H3,(H2,23,27)(H,24,28)(H,26,29)/t13-,21-/m0/s1. The van der Waals surface area contributed by atoms with Crippen molar-refractivity contribution in [2.75, 3.05) is 18.1 Å². The Balaban J connectivity index is 1.60. The van der Waals surface area contributed by atoms with E-state index in [1.807, 2.05) is 0 Å². The van der Waals surface area contributed by atoms with Crippen LogP contribution in [0.15, 0.2) is 41.5 Å². The highest BCUT2D eigenvalue weighted by Crippen LogP contribution is 2.51. The molecule has 2 amide bonds. The van der Waals surface area contributed by atoms with E-state index in [1.165, 1.54) is 49.3 Å². The van der Waals surface area contributed by atoms with E-state index in [0.717, 1.165) is 25.0 Å². The van der Waals surface area contributed by atoms with E-state index < -0.39 is 11.4 Å². The molecule has 0 bridgehead atoms. The largest absolute Gasteiger partial charge is 0.379 e. The SMILES string of the molecule is CNC(=O)c1ccc(C(=O)Nc2ccc(F)c([C@]34CCC[C@H]3CSC(N)=N4)c2)nc1. The Morgan fingerprint density at radius 1 is 1.27 bits per heavy atom. The van der Waals surface area contributed by atoms with Gasteiger partial charge in [-0.3, -0.25) is 19.6 Å². The molecule has 1 aliphatic carbocycles. The van der Waals surface area contributed by atoms with Crippen molar-refractivity contribution >= 4 is 34.4 Å². The van der Waals surface area contributed by atoms with E-state index in [9.17, 15) is 14.0 Å². The lowest BCUT2D eigenvalue weighted by atomic mass is 9.81. The number of carbonyl (C=O) groups excluding carboxylic acids is 2. The molecule has 9 heteroatoms. The number of nitrogens with two attached hydrogens (primary N) is 1. The maximum atomic E-state index is 14.8. The first-order chi connectivity index (χ1) is 14.4. The van der Waals surface area contributed by atoms with E-state index >= 15 is 0 Å². The molecule has 2 atom stereocenters. The molecule has 0 radical (unpaired) electrons. The zero-order valence-electron chi connectivity index (χ0n) is 16.4. The normalized spacial score (nSPS) is 22.7. The van der Waals surface area contributed by atoms with Crippen molar-refractivity contribution in [1.29, 1.82) is 0 Å². The summed E-state index contributed by atoms with van der Waals surface area (Å²) in [6.45, 7) is 0.